The maximum atomic E-state index is 13.2. The molecule has 1 aromatic heterocycles. The molecule has 4 aliphatic rings. The number of urea groups is 1. The van der Waals surface area contributed by atoms with Crippen molar-refractivity contribution < 1.29 is 14.4 Å². The number of nitrogens with zero attached hydrogens (tertiary/aromatic N) is 3. The van der Waals surface area contributed by atoms with Crippen LogP contribution in [0.1, 0.15) is 65.1 Å². The summed E-state index contributed by atoms with van der Waals surface area (Å²) in [4.78, 5) is 46.8. The van der Waals surface area contributed by atoms with Crippen LogP contribution in [0.15, 0.2) is 36.5 Å². The average Bonchev–Trinajstić information content (AvgIpc) is 3.63. The van der Waals surface area contributed by atoms with Crippen molar-refractivity contribution in [1.82, 2.24) is 20.5 Å². The summed E-state index contributed by atoms with van der Waals surface area (Å²) in [5, 5.41) is 5.28. The molecule has 0 spiro atoms. The molecule has 1 unspecified atom stereocenters. The molecule has 2 saturated carbocycles. The van der Waals surface area contributed by atoms with E-state index in [-0.39, 0.29) is 17.7 Å². The number of anilines is 1. The van der Waals surface area contributed by atoms with Gasteiger partial charge in [0.1, 0.15) is 11.4 Å². The van der Waals surface area contributed by atoms with Gasteiger partial charge in [-0.05, 0) is 73.3 Å². The third-order valence-electron chi connectivity index (χ3n) is 8.19. The van der Waals surface area contributed by atoms with Gasteiger partial charge in [0.15, 0.2) is 0 Å². The van der Waals surface area contributed by atoms with Gasteiger partial charge in [0.05, 0.1) is 0 Å². The van der Waals surface area contributed by atoms with E-state index >= 15 is 0 Å². The SMILES string of the molecule is Cc1cc(C2CC2)cnc1N1CCN(C(=O)c2ccc(C3(C4CCC4)NC(=O)NC3=O)cc2)CC1. The minimum atomic E-state index is -1.03. The van der Waals surface area contributed by atoms with Gasteiger partial charge in [0, 0.05) is 37.9 Å². The molecule has 6 rings (SSSR count). The highest BCUT2D eigenvalue weighted by atomic mass is 16.2. The van der Waals surface area contributed by atoms with Crippen LogP contribution in [-0.2, 0) is 10.3 Å². The molecule has 4 amide bonds. The van der Waals surface area contributed by atoms with Gasteiger partial charge in [-0.3, -0.25) is 14.9 Å². The first-order valence-corrected chi connectivity index (χ1v) is 12.7. The van der Waals surface area contributed by atoms with E-state index in [1.165, 1.54) is 24.0 Å². The molecule has 4 fully saturated rings. The van der Waals surface area contributed by atoms with E-state index in [2.05, 4.69) is 28.5 Å². The number of benzene rings is 1. The lowest BCUT2D eigenvalue weighted by molar-refractivity contribution is -0.127. The highest BCUT2D eigenvalue weighted by molar-refractivity contribution is 6.07. The van der Waals surface area contributed by atoms with Gasteiger partial charge in [-0.2, -0.15) is 0 Å². The summed E-state index contributed by atoms with van der Waals surface area (Å²) in [6, 6.07) is 9.02. The van der Waals surface area contributed by atoms with Crippen LogP contribution in [0.5, 0.6) is 0 Å². The number of hydrogen-bond donors (Lipinski definition) is 2. The normalized spacial score (nSPS) is 24.7. The monoisotopic (exact) mass is 473 g/mol. The summed E-state index contributed by atoms with van der Waals surface area (Å²) in [5.41, 5.74) is 2.86. The Morgan fingerprint density at radius 2 is 1.74 bits per heavy atom. The van der Waals surface area contributed by atoms with Gasteiger partial charge >= 0.3 is 6.03 Å². The van der Waals surface area contributed by atoms with E-state index in [1.807, 2.05) is 23.2 Å². The number of rotatable bonds is 5. The van der Waals surface area contributed by atoms with Crippen molar-refractivity contribution in [3.05, 3.63) is 58.8 Å². The second-order valence-electron chi connectivity index (χ2n) is 10.4. The molecule has 2 aliphatic heterocycles. The molecule has 2 saturated heterocycles. The highest BCUT2D eigenvalue weighted by Gasteiger charge is 2.54. The second kappa shape index (κ2) is 8.36. The first-order chi connectivity index (χ1) is 17.0. The van der Waals surface area contributed by atoms with E-state index in [0.29, 0.717) is 24.6 Å². The molecule has 0 bridgehead atoms. The van der Waals surface area contributed by atoms with E-state index < -0.39 is 11.6 Å². The highest BCUT2D eigenvalue weighted by Crippen LogP contribution is 2.44. The fourth-order valence-electron chi connectivity index (χ4n) is 5.78. The summed E-state index contributed by atoms with van der Waals surface area (Å²) >= 11 is 0. The zero-order valence-corrected chi connectivity index (χ0v) is 20.0. The zero-order valence-electron chi connectivity index (χ0n) is 20.0. The first-order valence-electron chi connectivity index (χ1n) is 12.7. The summed E-state index contributed by atoms with van der Waals surface area (Å²) in [6.45, 7) is 4.89. The van der Waals surface area contributed by atoms with Crippen molar-refractivity contribution in [2.24, 2.45) is 5.92 Å². The molecule has 3 heterocycles. The van der Waals surface area contributed by atoms with Crippen LogP contribution in [0.4, 0.5) is 10.6 Å². The summed E-state index contributed by atoms with van der Waals surface area (Å²) in [6.07, 6.45) is 7.41. The molecule has 8 nitrogen and oxygen atoms in total. The van der Waals surface area contributed by atoms with Crippen molar-refractivity contribution in [3.8, 4) is 0 Å². The van der Waals surface area contributed by atoms with E-state index in [4.69, 9.17) is 4.98 Å². The lowest BCUT2D eigenvalue weighted by Crippen LogP contribution is -2.52. The molecular formula is C27H31N5O3. The quantitative estimate of drug-likeness (QED) is 0.651. The lowest BCUT2D eigenvalue weighted by atomic mass is 9.67. The number of amides is 4. The first kappa shape index (κ1) is 22.1. The van der Waals surface area contributed by atoms with Gasteiger partial charge in [0.2, 0.25) is 0 Å². The topological polar surface area (TPSA) is 94.6 Å². The Kier molecular flexibility index (Phi) is 5.27. The Hall–Kier alpha value is -3.42. The number of nitrogens with one attached hydrogen (secondary N) is 2. The Morgan fingerprint density at radius 1 is 1.03 bits per heavy atom. The van der Waals surface area contributed by atoms with Gasteiger partial charge in [-0.25, -0.2) is 9.78 Å². The van der Waals surface area contributed by atoms with Crippen LogP contribution < -0.4 is 15.5 Å². The summed E-state index contributed by atoms with van der Waals surface area (Å²) in [5.74, 6) is 1.49. The molecule has 2 aliphatic carbocycles. The van der Waals surface area contributed by atoms with Crippen LogP contribution in [0.25, 0.3) is 0 Å². The van der Waals surface area contributed by atoms with Crippen LogP contribution in [0.3, 0.4) is 0 Å². The predicted molar refractivity (Wildman–Crippen MR) is 131 cm³/mol. The van der Waals surface area contributed by atoms with E-state index in [1.54, 1.807) is 12.1 Å². The van der Waals surface area contributed by atoms with Gasteiger partial charge in [-0.1, -0.05) is 24.6 Å². The lowest BCUT2D eigenvalue weighted by Gasteiger charge is -2.40. The molecule has 182 valence electrons. The maximum Gasteiger partial charge on any atom is 0.322 e. The van der Waals surface area contributed by atoms with Gasteiger partial charge < -0.3 is 15.1 Å². The Balaban J connectivity index is 1.13. The molecule has 1 aromatic carbocycles. The Labute approximate surface area is 205 Å². The van der Waals surface area contributed by atoms with Crippen molar-refractivity contribution in [2.75, 3.05) is 31.1 Å². The van der Waals surface area contributed by atoms with Crippen LogP contribution in [0.2, 0.25) is 0 Å². The van der Waals surface area contributed by atoms with Crippen LogP contribution in [0, 0.1) is 12.8 Å². The standard InChI is InChI=1S/C27H31N5O3/c1-17-15-20(18-5-6-18)16-28-23(17)31-11-13-32(14-12-31)24(33)19-7-9-22(10-8-19)27(21-3-2-4-21)25(34)29-26(35)30-27/h7-10,15-16,18,21H,2-6,11-14H2,1H3,(H2,29,30,34,35). The summed E-state index contributed by atoms with van der Waals surface area (Å²) in [7, 11) is 0. The Morgan fingerprint density at radius 3 is 2.29 bits per heavy atom. The minimum absolute atomic E-state index is 0.0115. The number of aromatic nitrogens is 1. The van der Waals surface area contributed by atoms with Crippen molar-refractivity contribution in [3.63, 3.8) is 0 Å². The smallest absolute Gasteiger partial charge is 0.322 e. The molecule has 35 heavy (non-hydrogen) atoms. The van der Waals surface area contributed by atoms with Crippen molar-refractivity contribution in [2.45, 2.75) is 50.5 Å². The largest absolute Gasteiger partial charge is 0.353 e. The molecule has 1 atom stereocenters. The van der Waals surface area contributed by atoms with Crippen molar-refractivity contribution in [1.29, 1.82) is 0 Å². The second-order valence-corrected chi connectivity index (χ2v) is 10.4. The number of carbonyl (C=O) groups is 3. The zero-order chi connectivity index (χ0) is 24.2. The number of pyridine rings is 1. The Bertz CT molecular complexity index is 1180. The van der Waals surface area contributed by atoms with Crippen LogP contribution in [-0.4, -0.2) is 53.9 Å². The number of piperazine rings is 1. The minimum Gasteiger partial charge on any atom is -0.353 e. The molecule has 8 heteroatoms. The maximum absolute atomic E-state index is 13.2. The third kappa shape index (κ3) is 3.75. The average molecular weight is 474 g/mol. The number of carbonyl (C=O) groups excluding carboxylic acids is 3. The van der Waals surface area contributed by atoms with E-state index in [0.717, 1.165) is 43.7 Å². The number of hydrogen-bond acceptors (Lipinski definition) is 5. The van der Waals surface area contributed by atoms with Gasteiger partial charge in [0.25, 0.3) is 11.8 Å². The summed E-state index contributed by atoms with van der Waals surface area (Å²) < 4.78 is 0. The van der Waals surface area contributed by atoms with Gasteiger partial charge in [-0.15, -0.1) is 0 Å². The molecule has 2 N–H and O–H groups in total. The molecule has 2 aromatic rings. The number of aryl methyl sites for hydroxylation is 1. The molecule has 0 radical (unpaired) electrons. The fourth-order valence-corrected chi connectivity index (χ4v) is 5.78. The van der Waals surface area contributed by atoms with Crippen LogP contribution >= 0.6 is 0 Å². The van der Waals surface area contributed by atoms with Crippen molar-refractivity contribution >= 4 is 23.7 Å². The third-order valence-corrected chi connectivity index (χ3v) is 8.19. The predicted octanol–water partition coefficient (Wildman–Crippen LogP) is 3.06. The molecular weight excluding hydrogens is 442 g/mol. The fraction of sp³-hybridized carbons (Fsp3) is 0.481. The van der Waals surface area contributed by atoms with E-state index in [9.17, 15) is 14.4 Å². The number of imide groups is 1.